The number of carbonyl (C=O) groups excluding carboxylic acids is 1. The second kappa shape index (κ2) is 8.18. The van der Waals surface area contributed by atoms with Crippen LogP contribution in [0.3, 0.4) is 0 Å². The van der Waals surface area contributed by atoms with Crippen LogP contribution >= 0.6 is 0 Å². The summed E-state index contributed by atoms with van der Waals surface area (Å²) >= 11 is 0. The maximum atomic E-state index is 12.3. The molecule has 0 atom stereocenters. The molecular weight excluding hydrogens is 420 g/mol. The minimum Gasteiger partial charge on any atom is -0.465 e. The summed E-state index contributed by atoms with van der Waals surface area (Å²) in [6.07, 6.45) is 12.5. The molecule has 4 aliphatic rings. The Bertz CT molecular complexity index is 1110. The molecule has 0 N–H and O–H groups in total. The van der Waals surface area contributed by atoms with Gasteiger partial charge in [-0.25, -0.2) is 8.42 Å². The van der Waals surface area contributed by atoms with Crippen LogP contribution in [0.4, 0.5) is 0 Å². The molecule has 4 aliphatic carbocycles. The fourth-order valence-corrected chi connectivity index (χ4v) is 7.38. The number of carbonyl (C=O) groups is 1. The summed E-state index contributed by atoms with van der Waals surface area (Å²) in [5.74, 6) is 3.35. The van der Waals surface area contributed by atoms with Crippen molar-refractivity contribution in [1.82, 2.24) is 0 Å². The van der Waals surface area contributed by atoms with E-state index >= 15 is 0 Å². The molecule has 4 saturated carbocycles. The summed E-state index contributed by atoms with van der Waals surface area (Å²) in [5, 5.41) is 0. The van der Waals surface area contributed by atoms with Crippen molar-refractivity contribution >= 4 is 15.6 Å². The van der Waals surface area contributed by atoms with Crippen LogP contribution in [0.1, 0.15) is 49.7 Å². The van der Waals surface area contributed by atoms with Gasteiger partial charge in [0.1, 0.15) is 5.75 Å². The minimum atomic E-state index is -3.29. The van der Waals surface area contributed by atoms with Gasteiger partial charge in [0.25, 0.3) is 0 Å². The maximum Gasteiger partial charge on any atom is 0.175 e. The van der Waals surface area contributed by atoms with Crippen LogP contribution in [0.2, 0.25) is 0 Å². The first-order valence-corrected chi connectivity index (χ1v) is 13.4. The summed E-state index contributed by atoms with van der Waals surface area (Å²) in [5.41, 5.74) is 2.50. The lowest BCUT2D eigenvalue weighted by molar-refractivity contribution is -0.114. The van der Waals surface area contributed by atoms with Crippen molar-refractivity contribution in [2.24, 2.45) is 17.8 Å². The Kier molecular flexibility index (Phi) is 5.48. The molecule has 4 bridgehead atoms. The van der Waals surface area contributed by atoms with Crippen molar-refractivity contribution in [3.63, 3.8) is 0 Å². The predicted octanol–water partition coefficient (Wildman–Crippen LogP) is 5.26. The molecule has 2 aromatic rings. The highest BCUT2D eigenvalue weighted by atomic mass is 32.2. The molecule has 0 aromatic heterocycles. The van der Waals surface area contributed by atoms with Crippen molar-refractivity contribution in [1.29, 1.82) is 0 Å². The summed E-state index contributed by atoms with van der Waals surface area (Å²) in [4.78, 5) is 12.5. The van der Waals surface area contributed by atoms with Gasteiger partial charge in [0, 0.05) is 18.8 Å². The molecule has 168 valence electrons. The number of hydrogen-bond acceptors (Lipinski definition) is 4. The van der Waals surface area contributed by atoms with Crippen molar-refractivity contribution in [3.05, 3.63) is 72.0 Å². The number of allylic oxidation sites excluding steroid dienone is 1. The fourth-order valence-electron chi connectivity index (χ4n) is 6.69. The summed E-state index contributed by atoms with van der Waals surface area (Å²) in [6, 6.07) is 15.0. The van der Waals surface area contributed by atoms with Crippen molar-refractivity contribution < 1.29 is 17.9 Å². The van der Waals surface area contributed by atoms with E-state index in [2.05, 4.69) is 12.1 Å². The summed E-state index contributed by atoms with van der Waals surface area (Å²) in [7, 11) is -3.29. The van der Waals surface area contributed by atoms with Crippen LogP contribution in [0, 0.1) is 17.8 Å². The second-order valence-corrected chi connectivity index (χ2v) is 12.2. The van der Waals surface area contributed by atoms with Gasteiger partial charge in [0.15, 0.2) is 15.6 Å². The normalized spacial score (nSPS) is 28.8. The number of sulfone groups is 1. The molecule has 32 heavy (non-hydrogen) atoms. The molecule has 0 heterocycles. The van der Waals surface area contributed by atoms with Gasteiger partial charge in [0.05, 0.1) is 11.2 Å². The van der Waals surface area contributed by atoms with Gasteiger partial charge in [-0.05, 0) is 97.1 Å². The van der Waals surface area contributed by atoms with Crippen LogP contribution in [-0.2, 0) is 26.5 Å². The van der Waals surface area contributed by atoms with E-state index < -0.39 is 9.84 Å². The van der Waals surface area contributed by atoms with Gasteiger partial charge in [0.2, 0.25) is 0 Å². The van der Waals surface area contributed by atoms with Gasteiger partial charge in [-0.2, -0.15) is 0 Å². The SMILES string of the molecule is CS(=O)(=O)c1cccc(CC(=O)/C=C/Oc2ccc(C34CC5CC(CC(C5)C3)C4)cc2)c1. The van der Waals surface area contributed by atoms with E-state index in [9.17, 15) is 13.2 Å². The van der Waals surface area contributed by atoms with E-state index in [4.69, 9.17) is 4.74 Å². The Morgan fingerprint density at radius 3 is 2.22 bits per heavy atom. The number of ether oxygens (including phenoxy) is 1. The molecule has 6 rings (SSSR count). The lowest BCUT2D eigenvalue weighted by Crippen LogP contribution is -2.48. The Balaban J connectivity index is 1.19. The molecule has 0 spiro atoms. The molecule has 0 saturated heterocycles. The molecule has 2 aromatic carbocycles. The van der Waals surface area contributed by atoms with E-state index in [0.717, 1.165) is 29.8 Å². The first-order chi connectivity index (χ1) is 15.3. The standard InChI is InChI=1S/C27H30O4S/c1-32(29,30)26-4-2-3-19(15-26)14-24(28)9-10-31-25-7-5-23(6-8-25)27-16-20-11-21(17-27)13-22(12-20)18-27/h2-10,15,20-22H,11-14,16-18H2,1H3/b10-9+. The van der Waals surface area contributed by atoms with E-state index in [1.165, 1.54) is 62.5 Å². The number of rotatable bonds is 7. The lowest BCUT2D eigenvalue weighted by Gasteiger charge is -2.57. The van der Waals surface area contributed by atoms with Crippen LogP contribution in [0.15, 0.2) is 65.8 Å². The van der Waals surface area contributed by atoms with Gasteiger partial charge < -0.3 is 4.74 Å². The average molecular weight is 451 g/mol. The predicted molar refractivity (Wildman–Crippen MR) is 124 cm³/mol. The molecule has 0 amide bonds. The van der Waals surface area contributed by atoms with Crippen LogP contribution < -0.4 is 4.74 Å². The van der Waals surface area contributed by atoms with E-state index in [-0.39, 0.29) is 17.1 Å². The third kappa shape index (κ3) is 4.40. The lowest BCUT2D eigenvalue weighted by atomic mass is 9.48. The highest BCUT2D eigenvalue weighted by Gasteiger charge is 2.51. The van der Waals surface area contributed by atoms with Crippen molar-refractivity contribution in [3.8, 4) is 5.75 Å². The zero-order chi connectivity index (χ0) is 22.3. The molecule has 5 heteroatoms. The highest BCUT2D eigenvalue weighted by Crippen LogP contribution is 2.60. The van der Waals surface area contributed by atoms with Crippen LogP contribution in [0.25, 0.3) is 0 Å². The van der Waals surface area contributed by atoms with Gasteiger partial charge >= 0.3 is 0 Å². The van der Waals surface area contributed by atoms with Crippen LogP contribution in [-0.4, -0.2) is 20.5 Å². The number of hydrogen-bond donors (Lipinski definition) is 0. The molecular formula is C27H30O4S. The molecule has 4 nitrogen and oxygen atoms in total. The Morgan fingerprint density at radius 1 is 1.00 bits per heavy atom. The number of benzene rings is 2. The quantitative estimate of drug-likeness (QED) is 0.426. The topological polar surface area (TPSA) is 60.4 Å². The van der Waals surface area contributed by atoms with E-state index in [1.54, 1.807) is 18.2 Å². The summed E-state index contributed by atoms with van der Waals surface area (Å²) < 4.78 is 29.0. The average Bonchev–Trinajstić information content (AvgIpc) is 2.73. The Morgan fingerprint density at radius 2 is 1.62 bits per heavy atom. The van der Waals surface area contributed by atoms with Gasteiger partial charge in [-0.3, -0.25) is 4.79 Å². The van der Waals surface area contributed by atoms with Crippen molar-refractivity contribution in [2.75, 3.05) is 6.26 Å². The largest absolute Gasteiger partial charge is 0.465 e. The fraction of sp³-hybridized carbons (Fsp3) is 0.444. The molecule has 0 radical (unpaired) electrons. The molecule has 0 unspecified atom stereocenters. The Hall–Kier alpha value is -2.40. The Labute approximate surface area is 190 Å². The number of ketones is 1. The van der Waals surface area contributed by atoms with Crippen LogP contribution in [0.5, 0.6) is 5.75 Å². The first kappa shape index (κ1) is 21.4. The highest BCUT2D eigenvalue weighted by molar-refractivity contribution is 7.90. The third-order valence-electron chi connectivity index (χ3n) is 7.67. The zero-order valence-corrected chi connectivity index (χ0v) is 19.3. The van der Waals surface area contributed by atoms with Gasteiger partial charge in [-0.1, -0.05) is 24.3 Å². The van der Waals surface area contributed by atoms with Crippen molar-refractivity contribution in [2.45, 2.75) is 55.3 Å². The second-order valence-electron chi connectivity index (χ2n) is 10.2. The summed E-state index contributed by atoms with van der Waals surface area (Å²) in [6.45, 7) is 0. The minimum absolute atomic E-state index is 0.133. The zero-order valence-electron chi connectivity index (χ0n) is 18.5. The smallest absolute Gasteiger partial charge is 0.175 e. The monoisotopic (exact) mass is 450 g/mol. The molecule has 4 fully saturated rings. The van der Waals surface area contributed by atoms with E-state index in [1.807, 2.05) is 12.1 Å². The molecule has 0 aliphatic heterocycles. The van der Waals surface area contributed by atoms with Gasteiger partial charge in [-0.15, -0.1) is 0 Å². The third-order valence-corrected chi connectivity index (χ3v) is 8.78. The first-order valence-electron chi connectivity index (χ1n) is 11.5. The maximum absolute atomic E-state index is 12.3. The van der Waals surface area contributed by atoms with E-state index in [0.29, 0.717) is 11.0 Å².